The van der Waals surface area contributed by atoms with E-state index in [2.05, 4.69) is 16.0 Å². The molecule has 2 saturated heterocycles. The molecule has 2 amide bonds. The molecule has 0 saturated carbocycles. The lowest BCUT2D eigenvalue weighted by Crippen LogP contribution is -2.43. The van der Waals surface area contributed by atoms with E-state index >= 15 is 0 Å². The first-order chi connectivity index (χ1) is 14.5. The lowest BCUT2D eigenvalue weighted by molar-refractivity contribution is -0.126. The maximum atomic E-state index is 11.9. The summed E-state index contributed by atoms with van der Waals surface area (Å²) >= 11 is 0. The van der Waals surface area contributed by atoms with E-state index in [1.54, 1.807) is 0 Å². The van der Waals surface area contributed by atoms with Crippen LogP contribution in [0.2, 0.25) is 0 Å². The molecule has 31 heavy (non-hydrogen) atoms. The molecule has 2 aliphatic heterocycles. The molecule has 0 radical (unpaired) electrons. The van der Waals surface area contributed by atoms with Crippen LogP contribution in [0.4, 0.5) is 0 Å². The van der Waals surface area contributed by atoms with E-state index in [4.69, 9.17) is 9.47 Å². The van der Waals surface area contributed by atoms with E-state index in [1.807, 2.05) is 27.7 Å². The van der Waals surface area contributed by atoms with E-state index in [-0.39, 0.29) is 49.8 Å². The molecule has 11 heteroatoms. The number of aliphatic hydroxyl groups excluding tert-OH is 4. The van der Waals surface area contributed by atoms with Gasteiger partial charge in [0, 0.05) is 25.2 Å². The Hall–Kier alpha value is -1.34. The maximum Gasteiger partial charge on any atom is 0.222 e. The number of ether oxygens (including phenoxy) is 2. The highest BCUT2D eigenvalue weighted by atomic mass is 16.6. The fraction of sp³-hybridized carbons (Fsp3) is 0.900. The summed E-state index contributed by atoms with van der Waals surface area (Å²) in [6.07, 6.45) is -7.99. The molecule has 8 unspecified atom stereocenters. The molecular weight excluding hydrogens is 410 g/mol. The Balaban J connectivity index is 1.78. The highest BCUT2D eigenvalue weighted by Crippen LogP contribution is 2.25. The lowest BCUT2D eigenvalue weighted by atomic mass is 10.0. The molecule has 2 heterocycles. The number of aliphatic hydroxyl groups is 4. The van der Waals surface area contributed by atoms with Gasteiger partial charge in [-0.25, -0.2) is 0 Å². The molecule has 0 aliphatic carbocycles. The molecule has 0 aromatic carbocycles. The van der Waals surface area contributed by atoms with Gasteiger partial charge in [0.05, 0.1) is 37.3 Å². The van der Waals surface area contributed by atoms with E-state index < -0.39 is 48.8 Å². The highest BCUT2D eigenvalue weighted by Gasteiger charge is 2.45. The molecule has 8 atom stereocenters. The molecule has 11 nitrogen and oxygen atoms in total. The summed E-state index contributed by atoms with van der Waals surface area (Å²) in [5, 5.41) is 49.2. The van der Waals surface area contributed by atoms with Crippen LogP contribution in [0.15, 0.2) is 0 Å². The summed E-state index contributed by atoms with van der Waals surface area (Å²) in [5.41, 5.74) is 0. The quantitative estimate of drug-likeness (QED) is 0.190. The summed E-state index contributed by atoms with van der Waals surface area (Å²) in [6, 6.07) is -0.0798. The predicted octanol–water partition coefficient (Wildman–Crippen LogP) is -2.62. The molecule has 0 spiro atoms. The van der Waals surface area contributed by atoms with Crippen molar-refractivity contribution in [3.8, 4) is 0 Å². The van der Waals surface area contributed by atoms with Gasteiger partial charge in [0.25, 0.3) is 0 Å². The second kappa shape index (κ2) is 11.5. The Bertz CT molecular complexity index is 555. The number of nitrogens with one attached hydrogen (secondary N) is 3. The van der Waals surface area contributed by atoms with E-state index in [0.717, 1.165) is 0 Å². The lowest BCUT2D eigenvalue weighted by Gasteiger charge is -2.19. The maximum absolute atomic E-state index is 11.9. The Morgan fingerprint density at radius 3 is 1.32 bits per heavy atom. The normalized spacial score (nSPS) is 35.7. The average molecular weight is 448 g/mol. The van der Waals surface area contributed by atoms with Gasteiger partial charge in [-0.15, -0.1) is 0 Å². The third-order valence-corrected chi connectivity index (χ3v) is 5.29. The summed E-state index contributed by atoms with van der Waals surface area (Å²) in [7, 11) is 0. The Labute approximate surface area is 182 Å². The SMILES string of the molecule is CC(C)NC(=O)CC1OC(CNCC2OC(CC(=O)NC(C)C)C(O)C2O)C(O)C1O. The van der Waals surface area contributed by atoms with Gasteiger partial charge in [-0.3, -0.25) is 9.59 Å². The third kappa shape index (κ3) is 7.35. The van der Waals surface area contributed by atoms with Gasteiger partial charge in [0.2, 0.25) is 11.8 Å². The monoisotopic (exact) mass is 447 g/mol. The zero-order valence-electron chi connectivity index (χ0n) is 18.5. The van der Waals surface area contributed by atoms with Gasteiger partial charge < -0.3 is 45.9 Å². The summed E-state index contributed by atoms with van der Waals surface area (Å²) in [4.78, 5) is 23.8. The number of amides is 2. The Kier molecular flexibility index (Phi) is 9.62. The van der Waals surface area contributed by atoms with Crippen molar-refractivity contribution in [3.05, 3.63) is 0 Å². The molecule has 180 valence electrons. The first-order valence-electron chi connectivity index (χ1n) is 10.8. The molecular formula is C20H37N3O8. The molecule has 0 aromatic heterocycles. The molecule has 2 aliphatic rings. The van der Waals surface area contributed by atoms with Gasteiger partial charge >= 0.3 is 0 Å². The Morgan fingerprint density at radius 1 is 0.677 bits per heavy atom. The predicted molar refractivity (Wildman–Crippen MR) is 110 cm³/mol. The van der Waals surface area contributed by atoms with Crippen molar-refractivity contribution in [2.45, 2.75) is 101 Å². The van der Waals surface area contributed by atoms with Crippen LogP contribution in [0.25, 0.3) is 0 Å². The number of hydrogen-bond donors (Lipinski definition) is 7. The van der Waals surface area contributed by atoms with E-state index in [9.17, 15) is 30.0 Å². The number of carbonyl (C=O) groups excluding carboxylic acids is 2. The van der Waals surface area contributed by atoms with Crippen LogP contribution >= 0.6 is 0 Å². The van der Waals surface area contributed by atoms with Crippen molar-refractivity contribution in [2.24, 2.45) is 0 Å². The van der Waals surface area contributed by atoms with Crippen LogP contribution in [-0.4, -0.2) is 106 Å². The Morgan fingerprint density at radius 2 is 1.00 bits per heavy atom. The van der Waals surface area contributed by atoms with E-state index in [0.29, 0.717) is 0 Å². The fourth-order valence-corrected chi connectivity index (χ4v) is 3.82. The third-order valence-electron chi connectivity index (χ3n) is 5.29. The molecule has 2 fully saturated rings. The van der Waals surface area contributed by atoms with Crippen molar-refractivity contribution >= 4 is 11.8 Å². The van der Waals surface area contributed by atoms with Crippen molar-refractivity contribution in [3.63, 3.8) is 0 Å². The van der Waals surface area contributed by atoms with Gasteiger partial charge in [0.1, 0.15) is 24.4 Å². The van der Waals surface area contributed by atoms with Crippen molar-refractivity contribution < 1.29 is 39.5 Å². The van der Waals surface area contributed by atoms with Gasteiger partial charge in [-0.2, -0.15) is 0 Å². The smallest absolute Gasteiger partial charge is 0.222 e. The minimum Gasteiger partial charge on any atom is -0.388 e. The largest absolute Gasteiger partial charge is 0.388 e. The number of hydrogen-bond acceptors (Lipinski definition) is 9. The first-order valence-corrected chi connectivity index (χ1v) is 10.8. The van der Waals surface area contributed by atoms with Crippen LogP contribution in [0.3, 0.4) is 0 Å². The molecule has 2 rings (SSSR count). The van der Waals surface area contributed by atoms with Crippen LogP contribution in [0, 0.1) is 0 Å². The second-order valence-corrected chi connectivity index (χ2v) is 8.90. The van der Waals surface area contributed by atoms with Crippen LogP contribution in [0.5, 0.6) is 0 Å². The second-order valence-electron chi connectivity index (χ2n) is 8.90. The number of carbonyl (C=O) groups is 2. The van der Waals surface area contributed by atoms with Crippen LogP contribution in [0.1, 0.15) is 40.5 Å². The molecule has 7 N–H and O–H groups in total. The van der Waals surface area contributed by atoms with Crippen LogP contribution < -0.4 is 16.0 Å². The van der Waals surface area contributed by atoms with Crippen molar-refractivity contribution in [1.29, 1.82) is 0 Å². The first kappa shape index (κ1) is 25.9. The van der Waals surface area contributed by atoms with Crippen molar-refractivity contribution in [2.75, 3.05) is 13.1 Å². The summed E-state index contributed by atoms with van der Waals surface area (Å²) in [5.74, 6) is -0.548. The van der Waals surface area contributed by atoms with E-state index in [1.165, 1.54) is 0 Å². The standard InChI is InChI=1S/C20H37N3O8/c1-9(2)22-15(24)5-11-17(26)19(28)13(30-11)7-21-8-14-20(29)18(27)12(31-14)6-16(25)23-10(3)4/h9-14,17-21,26-29H,5-8H2,1-4H3,(H,22,24)(H,23,25). The fourth-order valence-electron chi connectivity index (χ4n) is 3.82. The average Bonchev–Trinajstić information content (AvgIpc) is 3.06. The van der Waals surface area contributed by atoms with Gasteiger partial charge in [-0.1, -0.05) is 0 Å². The minimum absolute atomic E-state index is 0.0399. The highest BCUT2D eigenvalue weighted by molar-refractivity contribution is 5.77. The summed E-state index contributed by atoms with van der Waals surface area (Å²) < 4.78 is 11.3. The van der Waals surface area contributed by atoms with Crippen LogP contribution in [-0.2, 0) is 19.1 Å². The molecule has 0 aromatic rings. The zero-order chi connectivity index (χ0) is 23.3. The minimum atomic E-state index is -1.19. The zero-order valence-corrected chi connectivity index (χ0v) is 18.5. The van der Waals surface area contributed by atoms with Gasteiger partial charge in [-0.05, 0) is 27.7 Å². The van der Waals surface area contributed by atoms with Crippen molar-refractivity contribution in [1.82, 2.24) is 16.0 Å². The van der Waals surface area contributed by atoms with Gasteiger partial charge in [0.15, 0.2) is 0 Å². The number of rotatable bonds is 10. The topological polar surface area (TPSA) is 170 Å². The molecule has 0 bridgehead atoms. The summed E-state index contributed by atoms with van der Waals surface area (Å²) in [6.45, 7) is 7.57.